The van der Waals surface area contributed by atoms with Crippen LogP contribution in [0.1, 0.15) is 13.8 Å². The van der Waals surface area contributed by atoms with Crippen molar-refractivity contribution in [3.05, 3.63) is 28.3 Å². The fourth-order valence-corrected chi connectivity index (χ4v) is 2.62. The number of hydrogen-bond acceptors (Lipinski definition) is 5. The smallest absolute Gasteiger partial charge is 0.315 e. The summed E-state index contributed by atoms with van der Waals surface area (Å²) in [7, 11) is 0. The summed E-state index contributed by atoms with van der Waals surface area (Å²) in [5, 5.41) is 14.5. The van der Waals surface area contributed by atoms with Crippen LogP contribution in [0.2, 0.25) is 0 Å². The van der Waals surface area contributed by atoms with Gasteiger partial charge in [-0.2, -0.15) is 0 Å². The molecule has 6 heteroatoms. The zero-order valence-corrected chi connectivity index (χ0v) is 12.1. The van der Waals surface area contributed by atoms with Crippen molar-refractivity contribution < 1.29 is 4.92 Å². The van der Waals surface area contributed by atoms with Crippen molar-refractivity contribution in [3.8, 4) is 0 Å². The Morgan fingerprint density at radius 1 is 1.25 bits per heavy atom. The molecule has 0 amide bonds. The Kier molecular flexibility index (Phi) is 4.79. The summed E-state index contributed by atoms with van der Waals surface area (Å²) in [5.74, 6) is 0. The van der Waals surface area contributed by atoms with Crippen molar-refractivity contribution in [2.24, 2.45) is 0 Å². The topological polar surface area (TPSA) is 61.6 Å². The van der Waals surface area contributed by atoms with E-state index in [0.29, 0.717) is 12.2 Å². The summed E-state index contributed by atoms with van der Waals surface area (Å²) in [6, 6.07) is 5.50. The molecular formula is C14H22N4O2. The maximum atomic E-state index is 11.4. The molecule has 1 heterocycles. The summed E-state index contributed by atoms with van der Waals surface area (Å²) in [6.45, 7) is 9.38. The number of rotatable bonds is 5. The van der Waals surface area contributed by atoms with Gasteiger partial charge in [0, 0.05) is 32.7 Å². The zero-order chi connectivity index (χ0) is 14.5. The van der Waals surface area contributed by atoms with Crippen LogP contribution in [0.4, 0.5) is 17.1 Å². The normalized spacial score (nSPS) is 16.2. The Morgan fingerprint density at radius 2 is 1.95 bits per heavy atom. The fourth-order valence-electron chi connectivity index (χ4n) is 2.62. The van der Waals surface area contributed by atoms with Gasteiger partial charge in [0.15, 0.2) is 0 Å². The Morgan fingerprint density at radius 3 is 2.50 bits per heavy atom. The Hall–Kier alpha value is -1.82. The lowest BCUT2D eigenvalue weighted by Crippen LogP contribution is -2.46. The number of anilines is 2. The van der Waals surface area contributed by atoms with Crippen LogP contribution in [0.15, 0.2) is 18.2 Å². The third kappa shape index (κ3) is 3.01. The molecule has 0 aliphatic carbocycles. The van der Waals surface area contributed by atoms with E-state index in [-0.39, 0.29) is 10.6 Å². The molecule has 0 unspecified atom stereocenters. The number of para-hydroxylation sites is 1. The van der Waals surface area contributed by atoms with E-state index >= 15 is 0 Å². The van der Waals surface area contributed by atoms with Crippen LogP contribution in [0.3, 0.4) is 0 Å². The van der Waals surface area contributed by atoms with Crippen LogP contribution in [0.25, 0.3) is 0 Å². The third-order valence-corrected chi connectivity index (χ3v) is 3.72. The highest BCUT2D eigenvalue weighted by Crippen LogP contribution is 2.35. The highest BCUT2D eigenvalue weighted by Gasteiger charge is 2.25. The van der Waals surface area contributed by atoms with Gasteiger partial charge in [-0.05, 0) is 25.6 Å². The minimum absolute atomic E-state index is 0.194. The summed E-state index contributed by atoms with van der Waals surface area (Å²) >= 11 is 0. The first kappa shape index (κ1) is 14.6. The van der Waals surface area contributed by atoms with E-state index < -0.39 is 0 Å². The van der Waals surface area contributed by atoms with Gasteiger partial charge in [0.2, 0.25) is 0 Å². The average molecular weight is 278 g/mol. The number of hydrogen-bond donors (Lipinski definition) is 1. The quantitative estimate of drug-likeness (QED) is 0.660. The molecule has 1 aliphatic heterocycles. The number of nitrogens with zero attached hydrogens (tertiary/aromatic N) is 3. The Labute approximate surface area is 119 Å². The second kappa shape index (κ2) is 6.56. The molecule has 1 aromatic carbocycles. The third-order valence-electron chi connectivity index (χ3n) is 3.72. The molecule has 0 aromatic heterocycles. The van der Waals surface area contributed by atoms with Crippen molar-refractivity contribution >= 4 is 17.1 Å². The van der Waals surface area contributed by atoms with Crippen LogP contribution in [-0.2, 0) is 0 Å². The monoisotopic (exact) mass is 278 g/mol. The molecule has 0 spiro atoms. The van der Waals surface area contributed by atoms with Crippen LogP contribution < -0.4 is 10.2 Å². The molecule has 1 aliphatic rings. The molecule has 20 heavy (non-hydrogen) atoms. The van der Waals surface area contributed by atoms with Gasteiger partial charge >= 0.3 is 5.69 Å². The van der Waals surface area contributed by atoms with Crippen LogP contribution >= 0.6 is 0 Å². The number of likely N-dealkylation sites (N-methyl/N-ethyl adjacent to an activating group) is 1. The number of nitro groups is 1. The van der Waals surface area contributed by atoms with E-state index in [4.69, 9.17) is 0 Å². The highest BCUT2D eigenvalue weighted by molar-refractivity contribution is 5.77. The van der Waals surface area contributed by atoms with Gasteiger partial charge in [-0.3, -0.25) is 10.1 Å². The lowest BCUT2D eigenvalue weighted by Gasteiger charge is -2.35. The molecule has 110 valence electrons. The molecule has 0 radical (unpaired) electrons. The average Bonchev–Trinajstić information content (AvgIpc) is 2.47. The molecule has 2 rings (SSSR count). The van der Waals surface area contributed by atoms with Gasteiger partial charge in [0.1, 0.15) is 11.4 Å². The maximum Gasteiger partial charge on any atom is 0.315 e. The Bertz CT molecular complexity index is 470. The van der Waals surface area contributed by atoms with Crippen LogP contribution in [0, 0.1) is 10.1 Å². The molecular weight excluding hydrogens is 256 g/mol. The molecule has 1 aromatic rings. The van der Waals surface area contributed by atoms with Crippen molar-refractivity contribution in [1.82, 2.24) is 4.90 Å². The summed E-state index contributed by atoms with van der Waals surface area (Å²) in [4.78, 5) is 15.6. The molecule has 0 saturated carbocycles. The second-order valence-corrected chi connectivity index (χ2v) is 4.88. The maximum absolute atomic E-state index is 11.4. The predicted molar refractivity (Wildman–Crippen MR) is 81.6 cm³/mol. The SMILES string of the molecule is CCNc1cccc(N2CCN(CC)CC2)c1[N+](=O)[O-]. The van der Waals surface area contributed by atoms with Gasteiger partial charge in [-0.1, -0.05) is 13.0 Å². The van der Waals surface area contributed by atoms with Crippen LogP contribution in [0.5, 0.6) is 0 Å². The van der Waals surface area contributed by atoms with Gasteiger partial charge in [-0.25, -0.2) is 0 Å². The van der Waals surface area contributed by atoms with Gasteiger partial charge < -0.3 is 15.1 Å². The number of nitrogens with one attached hydrogen (secondary N) is 1. The van der Waals surface area contributed by atoms with Crippen molar-refractivity contribution in [1.29, 1.82) is 0 Å². The molecule has 1 N–H and O–H groups in total. The van der Waals surface area contributed by atoms with Crippen molar-refractivity contribution in [2.75, 3.05) is 49.5 Å². The Balaban J connectivity index is 2.27. The first-order chi connectivity index (χ1) is 9.67. The van der Waals surface area contributed by atoms with Crippen LogP contribution in [-0.4, -0.2) is 49.1 Å². The summed E-state index contributed by atoms with van der Waals surface area (Å²) in [5.41, 5.74) is 1.52. The van der Waals surface area contributed by atoms with Crippen molar-refractivity contribution in [2.45, 2.75) is 13.8 Å². The molecule has 0 bridgehead atoms. The van der Waals surface area contributed by atoms with E-state index in [1.165, 1.54) is 0 Å². The van der Waals surface area contributed by atoms with Gasteiger partial charge in [0.05, 0.1) is 4.92 Å². The van der Waals surface area contributed by atoms with Gasteiger partial charge in [-0.15, -0.1) is 0 Å². The van der Waals surface area contributed by atoms with Crippen molar-refractivity contribution in [3.63, 3.8) is 0 Å². The van der Waals surface area contributed by atoms with E-state index in [2.05, 4.69) is 22.0 Å². The molecule has 1 fully saturated rings. The van der Waals surface area contributed by atoms with E-state index in [1.807, 2.05) is 19.1 Å². The molecule has 1 saturated heterocycles. The molecule has 0 atom stereocenters. The number of benzene rings is 1. The minimum Gasteiger partial charge on any atom is -0.380 e. The summed E-state index contributed by atoms with van der Waals surface area (Å²) < 4.78 is 0. The van der Waals surface area contributed by atoms with E-state index in [1.54, 1.807) is 6.07 Å². The zero-order valence-electron chi connectivity index (χ0n) is 12.1. The van der Waals surface area contributed by atoms with Gasteiger partial charge in [0.25, 0.3) is 0 Å². The lowest BCUT2D eigenvalue weighted by atomic mass is 10.2. The highest BCUT2D eigenvalue weighted by atomic mass is 16.6. The number of nitro benzene ring substituents is 1. The predicted octanol–water partition coefficient (Wildman–Crippen LogP) is 2.17. The number of piperazine rings is 1. The lowest BCUT2D eigenvalue weighted by molar-refractivity contribution is -0.383. The first-order valence-electron chi connectivity index (χ1n) is 7.16. The standard InChI is InChI=1S/C14H22N4O2/c1-3-15-12-6-5-7-13(14(12)18(19)20)17-10-8-16(4-2)9-11-17/h5-7,15H,3-4,8-11H2,1-2H3. The largest absolute Gasteiger partial charge is 0.380 e. The van der Waals surface area contributed by atoms with E-state index in [0.717, 1.165) is 38.4 Å². The van der Waals surface area contributed by atoms with E-state index in [9.17, 15) is 10.1 Å². The molecule has 6 nitrogen and oxygen atoms in total. The second-order valence-electron chi connectivity index (χ2n) is 4.88. The fraction of sp³-hybridized carbons (Fsp3) is 0.571. The first-order valence-corrected chi connectivity index (χ1v) is 7.16. The minimum atomic E-state index is -0.278. The summed E-state index contributed by atoms with van der Waals surface area (Å²) in [6.07, 6.45) is 0.